The molecule has 5 heteroatoms. The molecule has 0 aliphatic rings. The van der Waals surface area contributed by atoms with Crippen LogP contribution in [-0.2, 0) is 6.61 Å². The summed E-state index contributed by atoms with van der Waals surface area (Å²) in [5, 5.41) is 3.06. The lowest BCUT2D eigenvalue weighted by Gasteiger charge is -2.05. The Balaban J connectivity index is 1.96. The smallest absolute Gasteiger partial charge is 0.234 e. The molecule has 0 aliphatic heterocycles. The van der Waals surface area contributed by atoms with Crippen LogP contribution in [0.5, 0.6) is 5.88 Å². The second kappa shape index (κ2) is 5.16. The summed E-state index contributed by atoms with van der Waals surface area (Å²) >= 11 is 0. The van der Waals surface area contributed by atoms with E-state index in [0.717, 1.165) is 12.3 Å². The maximum absolute atomic E-state index is 5.43. The molecular weight excluding hydrogens is 206 g/mol. The van der Waals surface area contributed by atoms with Gasteiger partial charge in [-0.2, -0.15) is 4.98 Å². The Bertz CT molecular complexity index is 429. The summed E-state index contributed by atoms with van der Waals surface area (Å²) in [6.07, 6.45) is 4.84. The molecule has 2 rings (SSSR count). The van der Waals surface area contributed by atoms with Crippen LogP contribution >= 0.6 is 0 Å². The van der Waals surface area contributed by atoms with Gasteiger partial charge in [0.15, 0.2) is 0 Å². The fraction of sp³-hybridized carbons (Fsp3) is 0.273. The van der Waals surface area contributed by atoms with Crippen LogP contribution in [-0.4, -0.2) is 16.5 Å². The van der Waals surface area contributed by atoms with E-state index >= 15 is 0 Å². The SMILES string of the molecule is CCNc1cncc(OCc2ccco2)n1. The Hall–Kier alpha value is -2.04. The first-order valence-corrected chi connectivity index (χ1v) is 5.09. The minimum absolute atomic E-state index is 0.358. The first kappa shape index (κ1) is 10.5. The average Bonchev–Trinajstić information content (AvgIpc) is 2.80. The molecule has 0 saturated carbocycles. The van der Waals surface area contributed by atoms with Gasteiger partial charge in [-0.25, -0.2) is 0 Å². The molecular formula is C11H13N3O2. The normalized spacial score (nSPS) is 10.1. The van der Waals surface area contributed by atoms with Gasteiger partial charge in [-0.3, -0.25) is 4.98 Å². The summed E-state index contributed by atoms with van der Waals surface area (Å²) in [6.45, 7) is 3.16. The van der Waals surface area contributed by atoms with E-state index in [1.807, 2.05) is 19.1 Å². The van der Waals surface area contributed by atoms with Gasteiger partial charge in [0.05, 0.1) is 18.7 Å². The van der Waals surface area contributed by atoms with Gasteiger partial charge in [-0.15, -0.1) is 0 Å². The third-order valence-corrected chi connectivity index (χ3v) is 1.91. The van der Waals surface area contributed by atoms with Gasteiger partial charge in [0, 0.05) is 6.54 Å². The van der Waals surface area contributed by atoms with Gasteiger partial charge < -0.3 is 14.5 Å². The molecule has 0 atom stereocenters. The lowest BCUT2D eigenvalue weighted by atomic mass is 10.5. The second-order valence-electron chi connectivity index (χ2n) is 3.14. The fourth-order valence-electron chi connectivity index (χ4n) is 1.22. The van der Waals surface area contributed by atoms with Crippen molar-refractivity contribution in [3.63, 3.8) is 0 Å². The van der Waals surface area contributed by atoms with E-state index in [0.29, 0.717) is 18.3 Å². The van der Waals surface area contributed by atoms with Gasteiger partial charge >= 0.3 is 0 Å². The summed E-state index contributed by atoms with van der Waals surface area (Å²) in [5.41, 5.74) is 0. The van der Waals surface area contributed by atoms with Crippen LogP contribution in [0.15, 0.2) is 35.2 Å². The molecule has 0 radical (unpaired) electrons. The standard InChI is InChI=1S/C11H13N3O2/c1-2-13-10-6-12-7-11(14-10)16-8-9-4-3-5-15-9/h3-7H,2,8H2,1H3,(H,13,14). The van der Waals surface area contributed by atoms with Crippen molar-refractivity contribution in [1.82, 2.24) is 9.97 Å². The summed E-state index contributed by atoms with van der Waals surface area (Å²) in [7, 11) is 0. The predicted molar refractivity (Wildman–Crippen MR) is 59.2 cm³/mol. The minimum atomic E-state index is 0.358. The van der Waals surface area contributed by atoms with Crippen LogP contribution < -0.4 is 10.1 Å². The first-order chi connectivity index (χ1) is 7.88. The number of rotatable bonds is 5. The fourth-order valence-corrected chi connectivity index (χ4v) is 1.22. The maximum Gasteiger partial charge on any atom is 0.234 e. The number of nitrogens with one attached hydrogen (secondary N) is 1. The number of ether oxygens (including phenoxy) is 1. The van der Waals surface area contributed by atoms with Crippen molar-refractivity contribution < 1.29 is 9.15 Å². The Morgan fingerprint density at radius 2 is 2.38 bits per heavy atom. The Morgan fingerprint density at radius 1 is 1.44 bits per heavy atom. The number of nitrogens with zero attached hydrogens (tertiary/aromatic N) is 2. The van der Waals surface area contributed by atoms with Crippen LogP contribution in [0, 0.1) is 0 Å². The highest BCUT2D eigenvalue weighted by Gasteiger charge is 2.01. The molecule has 5 nitrogen and oxygen atoms in total. The van der Waals surface area contributed by atoms with E-state index in [9.17, 15) is 0 Å². The molecule has 0 unspecified atom stereocenters. The molecule has 84 valence electrons. The molecule has 1 N–H and O–H groups in total. The minimum Gasteiger partial charge on any atom is -0.468 e. The van der Waals surface area contributed by atoms with Crippen LogP contribution in [0.3, 0.4) is 0 Å². The topological polar surface area (TPSA) is 60.2 Å². The van der Waals surface area contributed by atoms with Crippen molar-refractivity contribution in [1.29, 1.82) is 0 Å². The monoisotopic (exact) mass is 219 g/mol. The second-order valence-corrected chi connectivity index (χ2v) is 3.14. The maximum atomic E-state index is 5.43. The largest absolute Gasteiger partial charge is 0.468 e. The zero-order chi connectivity index (χ0) is 11.2. The summed E-state index contributed by atoms with van der Waals surface area (Å²) in [4.78, 5) is 8.25. The molecule has 0 bridgehead atoms. The number of hydrogen-bond donors (Lipinski definition) is 1. The van der Waals surface area contributed by atoms with E-state index in [1.165, 1.54) is 0 Å². The molecule has 2 aromatic rings. The van der Waals surface area contributed by atoms with Crippen LogP contribution in [0.4, 0.5) is 5.82 Å². The lowest BCUT2D eigenvalue weighted by Crippen LogP contribution is -2.02. The first-order valence-electron chi connectivity index (χ1n) is 5.09. The van der Waals surface area contributed by atoms with E-state index in [4.69, 9.17) is 9.15 Å². The predicted octanol–water partition coefficient (Wildman–Crippen LogP) is 2.08. The zero-order valence-corrected chi connectivity index (χ0v) is 9.01. The quantitative estimate of drug-likeness (QED) is 0.834. The highest BCUT2D eigenvalue weighted by Crippen LogP contribution is 2.11. The molecule has 16 heavy (non-hydrogen) atoms. The summed E-state index contributed by atoms with van der Waals surface area (Å²) < 4.78 is 10.6. The van der Waals surface area contributed by atoms with Gasteiger partial charge in [-0.1, -0.05) is 0 Å². The van der Waals surface area contributed by atoms with Crippen molar-refractivity contribution >= 4 is 5.82 Å². The average molecular weight is 219 g/mol. The van der Waals surface area contributed by atoms with Crippen molar-refractivity contribution in [2.75, 3.05) is 11.9 Å². The molecule has 0 aliphatic carbocycles. The number of hydrogen-bond acceptors (Lipinski definition) is 5. The Kier molecular flexibility index (Phi) is 3.38. The zero-order valence-electron chi connectivity index (χ0n) is 9.01. The van der Waals surface area contributed by atoms with Gasteiger partial charge in [0.1, 0.15) is 18.2 Å². The molecule has 0 spiro atoms. The van der Waals surface area contributed by atoms with E-state index in [1.54, 1.807) is 18.7 Å². The Morgan fingerprint density at radius 3 is 3.12 bits per heavy atom. The number of furan rings is 1. The highest BCUT2D eigenvalue weighted by molar-refractivity contribution is 5.32. The van der Waals surface area contributed by atoms with Gasteiger partial charge in [-0.05, 0) is 19.1 Å². The Labute approximate surface area is 93.5 Å². The van der Waals surface area contributed by atoms with Crippen LogP contribution in [0.25, 0.3) is 0 Å². The molecule has 0 fully saturated rings. The van der Waals surface area contributed by atoms with E-state index in [-0.39, 0.29) is 0 Å². The summed E-state index contributed by atoms with van der Waals surface area (Å²) in [6, 6.07) is 3.67. The molecule has 2 aromatic heterocycles. The van der Waals surface area contributed by atoms with Crippen molar-refractivity contribution in [3.05, 3.63) is 36.5 Å². The highest BCUT2D eigenvalue weighted by atomic mass is 16.5. The molecule has 0 amide bonds. The van der Waals surface area contributed by atoms with Crippen molar-refractivity contribution in [2.24, 2.45) is 0 Å². The summed E-state index contributed by atoms with van der Waals surface area (Å²) in [5.74, 6) is 1.95. The third-order valence-electron chi connectivity index (χ3n) is 1.91. The van der Waals surface area contributed by atoms with Gasteiger partial charge in [0.2, 0.25) is 5.88 Å². The van der Waals surface area contributed by atoms with E-state index in [2.05, 4.69) is 15.3 Å². The number of anilines is 1. The molecule has 0 aromatic carbocycles. The van der Waals surface area contributed by atoms with Crippen LogP contribution in [0.1, 0.15) is 12.7 Å². The number of aromatic nitrogens is 2. The van der Waals surface area contributed by atoms with Gasteiger partial charge in [0.25, 0.3) is 0 Å². The van der Waals surface area contributed by atoms with Crippen LogP contribution in [0.2, 0.25) is 0 Å². The molecule has 0 saturated heterocycles. The van der Waals surface area contributed by atoms with Crippen molar-refractivity contribution in [2.45, 2.75) is 13.5 Å². The van der Waals surface area contributed by atoms with Crippen molar-refractivity contribution in [3.8, 4) is 5.88 Å². The third kappa shape index (κ3) is 2.73. The lowest BCUT2D eigenvalue weighted by molar-refractivity contribution is 0.260. The van der Waals surface area contributed by atoms with E-state index < -0.39 is 0 Å². The molecule has 2 heterocycles.